The Labute approximate surface area is 157 Å². The third-order valence-electron chi connectivity index (χ3n) is 3.38. The van der Waals surface area contributed by atoms with Gasteiger partial charge in [-0.3, -0.25) is 10.1 Å². The van der Waals surface area contributed by atoms with Crippen LogP contribution in [0.4, 0.5) is 18.9 Å². The highest BCUT2D eigenvalue weighted by molar-refractivity contribution is 5.87. The minimum atomic E-state index is -4.61. The number of alkyl halides is 3. The van der Waals surface area contributed by atoms with Crippen LogP contribution >= 0.6 is 0 Å². The largest absolute Gasteiger partial charge is 0.504 e. The van der Waals surface area contributed by atoms with Gasteiger partial charge in [-0.05, 0) is 17.3 Å². The lowest BCUT2D eigenvalue weighted by molar-refractivity contribution is -0.385. The first-order valence-corrected chi connectivity index (χ1v) is 7.36. The van der Waals surface area contributed by atoms with E-state index < -0.39 is 57.4 Å². The van der Waals surface area contributed by atoms with Gasteiger partial charge in [0.1, 0.15) is 0 Å². The van der Waals surface area contributed by atoms with E-state index in [1.165, 1.54) is 0 Å². The Morgan fingerprint density at radius 3 is 2.55 bits per heavy atom. The van der Waals surface area contributed by atoms with Crippen LogP contribution in [0.5, 0.6) is 17.4 Å². The van der Waals surface area contributed by atoms with Gasteiger partial charge in [0.2, 0.25) is 11.6 Å². The summed E-state index contributed by atoms with van der Waals surface area (Å²) in [4.78, 5) is 28.8. The van der Waals surface area contributed by atoms with Crippen molar-refractivity contribution < 1.29 is 42.4 Å². The first kappa shape index (κ1) is 19.5. The van der Waals surface area contributed by atoms with Crippen LogP contribution in [0.2, 0.25) is 0 Å². The summed E-state index contributed by atoms with van der Waals surface area (Å²) < 4.78 is 46.9. The van der Waals surface area contributed by atoms with Crippen molar-refractivity contribution >= 4 is 11.7 Å². The molecule has 0 radical (unpaired) electrons. The van der Waals surface area contributed by atoms with Crippen LogP contribution in [-0.4, -0.2) is 36.2 Å². The van der Waals surface area contributed by atoms with Crippen molar-refractivity contribution in [2.75, 3.05) is 0 Å². The van der Waals surface area contributed by atoms with Gasteiger partial charge in [0.05, 0.1) is 16.1 Å². The summed E-state index contributed by atoms with van der Waals surface area (Å²) in [5.41, 5.74) is -2.09. The fourth-order valence-electron chi connectivity index (χ4n) is 2.04. The molecule has 2 aromatic heterocycles. The van der Waals surface area contributed by atoms with Gasteiger partial charge in [0.15, 0.2) is 5.75 Å². The molecule has 1 aromatic carbocycles. The summed E-state index contributed by atoms with van der Waals surface area (Å²) in [6, 6.07) is 3.15. The summed E-state index contributed by atoms with van der Waals surface area (Å²) in [6.07, 6.45) is -4.15. The molecule has 0 aliphatic carbocycles. The highest BCUT2D eigenvalue weighted by atomic mass is 19.4. The number of hydrogen-bond acceptors (Lipinski definition) is 10. The molecule has 3 rings (SSSR count). The van der Waals surface area contributed by atoms with Crippen LogP contribution in [0, 0.1) is 10.1 Å². The predicted molar refractivity (Wildman–Crippen MR) is 83.9 cm³/mol. The standard InChI is InChI=1S/C15H7F3N4O7/c16-15(17,18)7-1-2-10(19-5-7)28-14(25)12-20-13(29-21-12)6-3-8(22(26)27)11(24)9(23)4-6/h1-5,23-24H. The Morgan fingerprint density at radius 1 is 1.24 bits per heavy atom. The number of rotatable bonds is 4. The average molecular weight is 412 g/mol. The lowest BCUT2D eigenvalue weighted by atomic mass is 10.1. The van der Waals surface area contributed by atoms with Crippen LogP contribution in [0.25, 0.3) is 11.5 Å². The van der Waals surface area contributed by atoms with Crippen molar-refractivity contribution in [2.24, 2.45) is 0 Å². The van der Waals surface area contributed by atoms with Crippen LogP contribution in [-0.2, 0) is 6.18 Å². The van der Waals surface area contributed by atoms with Crippen LogP contribution in [0.15, 0.2) is 35.0 Å². The number of benzene rings is 1. The lowest BCUT2D eigenvalue weighted by Crippen LogP contribution is -2.12. The number of nitro benzene ring substituents is 1. The number of phenols is 2. The molecule has 29 heavy (non-hydrogen) atoms. The van der Waals surface area contributed by atoms with Crippen molar-refractivity contribution in [3.05, 3.63) is 52.0 Å². The number of phenolic OH excluding ortho intramolecular Hbond substituents is 2. The monoisotopic (exact) mass is 412 g/mol. The van der Waals surface area contributed by atoms with Crippen LogP contribution in [0.3, 0.4) is 0 Å². The number of pyridine rings is 1. The number of aromatic nitrogens is 3. The van der Waals surface area contributed by atoms with Gasteiger partial charge in [-0.1, -0.05) is 0 Å². The number of carbonyl (C=O) groups is 1. The van der Waals surface area contributed by atoms with Crippen LogP contribution < -0.4 is 4.74 Å². The van der Waals surface area contributed by atoms with E-state index in [1.54, 1.807) is 0 Å². The molecule has 0 atom stereocenters. The van der Waals surface area contributed by atoms with Crippen molar-refractivity contribution in [3.63, 3.8) is 0 Å². The first-order chi connectivity index (χ1) is 13.6. The van der Waals surface area contributed by atoms with Gasteiger partial charge in [0.25, 0.3) is 11.7 Å². The van der Waals surface area contributed by atoms with Gasteiger partial charge in [0, 0.05) is 18.3 Å². The maximum Gasteiger partial charge on any atom is 0.417 e. The molecule has 0 aliphatic rings. The Kier molecular flexibility index (Phi) is 4.76. The Hall–Kier alpha value is -4.23. The number of nitro groups is 1. The smallest absolute Gasteiger partial charge is 0.417 e. The fourth-order valence-corrected chi connectivity index (χ4v) is 2.04. The molecule has 0 amide bonds. The minimum absolute atomic E-state index is 0.189. The van der Waals surface area contributed by atoms with E-state index in [-0.39, 0.29) is 5.56 Å². The Balaban J connectivity index is 1.81. The van der Waals surface area contributed by atoms with E-state index in [1.807, 2.05) is 0 Å². The zero-order chi connectivity index (χ0) is 21.3. The third-order valence-corrected chi connectivity index (χ3v) is 3.38. The molecule has 0 unspecified atom stereocenters. The molecular formula is C15H7F3N4O7. The lowest BCUT2D eigenvalue weighted by Gasteiger charge is -2.06. The number of ether oxygens (including phenoxy) is 1. The van der Waals surface area contributed by atoms with Gasteiger partial charge in [-0.25, -0.2) is 9.78 Å². The average Bonchev–Trinajstić information content (AvgIpc) is 3.13. The number of halogens is 3. The second kappa shape index (κ2) is 7.06. The summed E-state index contributed by atoms with van der Waals surface area (Å²) in [6.45, 7) is 0. The number of hydrogen-bond donors (Lipinski definition) is 2. The topological polar surface area (TPSA) is 162 Å². The molecule has 150 valence electrons. The zero-order valence-electron chi connectivity index (χ0n) is 13.7. The van der Waals surface area contributed by atoms with Crippen molar-refractivity contribution in [3.8, 4) is 28.8 Å². The van der Waals surface area contributed by atoms with E-state index in [9.17, 15) is 38.3 Å². The van der Waals surface area contributed by atoms with E-state index in [0.29, 0.717) is 12.3 Å². The SMILES string of the molecule is O=C(Oc1ccc(C(F)(F)F)cn1)c1noc(-c2cc(O)c(O)c([N+](=O)[O-])c2)n1. The van der Waals surface area contributed by atoms with Crippen molar-refractivity contribution in [2.45, 2.75) is 6.18 Å². The summed E-state index contributed by atoms with van der Waals surface area (Å²) >= 11 is 0. The van der Waals surface area contributed by atoms with Crippen molar-refractivity contribution in [1.82, 2.24) is 15.1 Å². The number of nitrogens with zero attached hydrogens (tertiary/aromatic N) is 4. The predicted octanol–water partition coefficient (Wildman–Crippen LogP) is 2.69. The molecule has 0 saturated carbocycles. The van der Waals surface area contributed by atoms with Crippen molar-refractivity contribution in [1.29, 1.82) is 0 Å². The quantitative estimate of drug-likeness (QED) is 0.282. The second-order valence-corrected chi connectivity index (χ2v) is 5.32. The van der Waals surface area contributed by atoms with E-state index in [4.69, 9.17) is 9.26 Å². The maximum absolute atomic E-state index is 12.5. The molecule has 2 heterocycles. The third kappa shape index (κ3) is 4.05. The Bertz CT molecular complexity index is 1100. The number of esters is 1. The highest BCUT2D eigenvalue weighted by Crippen LogP contribution is 2.39. The van der Waals surface area contributed by atoms with Crippen LogP contribution in [0.1, 0.15) is 16.2 Å². The molecule has 2 N–H and O–H groups in total. The summed E-state index contributed by atoms with van der Waals surface area (Å²) in [7, 11) is 0. The molecule has 0 saturated heterocycles. The molecule has 3 aromatic rings. The second-order valence-electron chi connectivity index (χ2n) is 5.32. The van der Waals surface area contributed by atoms with Gasteiger partial charge in [-0.2, -0.15) is 18.2 Å². The Morgan fingerprint density at radius 2 is 1.97 bits per heavy atom. The molecule has 0 bridgehead atoms. The summed E-state index contributed by atoms with van der Waals surface area (Å²) in [5.74, 6) is -4.62. The normalized spacial score (nSPS) is 11.3. The van der Waals surface area contributed by atoms with E-state index in [2.05, 4.69) is 15.1 Å². The summed E-state index contributed by atoms with van der Waals surface area (Å²) in [5, 5.41) is 33.2. The van der Waals surface area contributed by atoms with Gasteiger partial charge in [-0.15, -0.1) is 0 Å². The minimum Gasteiger partial charge on any atom is -0.504 e. The fraction of sp³-hybridized carbons (Fsp3) is 0.0667. The molecular weight excluding hydrogens is 405 g/mol. The maximum atomic E-state index is 12.5. The first-order valence-electron chi connectivity index (χ1n) is 7.36. The van der Waals surface area contributed by atoms with Gasteiger partial charge < -0.3 is 19.5 Å². The molecule has 0 spiro atoms. The molecule has 0 fully saturated rings. The van der Waals surface area contributed by atoms with E-state index in [0.717, 1.165) is 18.2 Å². The zero-order valence-corrected chi connectivity index (χ0v) is 13.7. The number of carbonyl (C=O) groups excluding carboxylic acids is 1. The van der Waals surface area contributed by atoms with E-state index >= 15 is 0 Å². The molecule has 11 nitrogen and oxygen atoms in total. The van der Waals surface area contributed by atoms with Gasteiger partial charge >= 0.3 is 17.8 Å². The molecule has 14 heteroatoms. The molecule has 0 aliphatic heterocycles. The highest BCUT2D eigenvalue weighted by Gasteiger charge is 2.31. The number of aromatic hydroxyl groups is 2.